The zero-order chi connectivity index (χ0) is 21.1. The van der Waals surface area contributed by atoms with Crippen LogP contribution in [-0.4, -0.2) is 28.1 Å². The number of rotatable bonds is 6. The summed E-state index contributed by atoms with van der Waals surface area (Å²) in [5, 5.41) is 6.63. The van der Waals surface area contributed by atoms with Crippen molar-refractivity contribution in [2.24, 2.45) is 0 Å². The Kier molecular flexibility index (Phi) is 5.47. The third-order valence-electron chi connectivity index (χ3n) is 4.72. The Morgan fingerprint density at radius 3 is 2.70 bits per heavy atom. The molecule has 0 saturated carbocycles. The molecule has 1 aliphatic heterocycles. The first kappa shape index (κ1) is 19.6. The second-order valence-corrected chi connectivity index (χ2v) is 7.25. The number of carbonyl (C=O) groups is 2. The molecular weight excluding hydrogens is 386 g/mol. The van der Waals surface area contributed by atoms with Crippen molar-refractivity contribution in [2.45, 2.75) is 38.9 Å². The first-order chi connectivity index (χ1) is 14.5. The van der Waals surface area contributed by atoms with Crippen LogP contribution in [0.3, 0.4) is 0 Å². The Labute approximate surface area is 173 Å². The largest absolute Gasteiger partial charge is 0.478 e. The van der Waals surface area contributed by atoms with Crippen LogP contribution >= 0.6 is 0 Å². The fraction of sp³-hybridized carbons (Fsp3) is 0.273. The van der Waals surface area contributed by atoms with Gasteiger partial charge in [0.25, 0.3) is 11.8 Å². The molecule has 8 nitrogen and oxygen atoms in total. The molecule has 8 heteroatoms. The van der Waals surface area contributed by atoms with Gasteiger partial charge in [-0.3, -0.25) is 9.59 Å². The monoisotopic (exact) mass is 407 g/mol. The number of carbonyl (C=O) groups excluding carboxylic acids is 2. The fourth-order valence-corrected chi connectivity index (χ4v) is 3.03. The van der Waals surface area contributed by atoms with Gasteiger partial charge in [0, 0.05) is 5.56 Å². The molecule has 2 aromatic carbocycles. The molecule has 154 valence electrons. The maximum atomic E-state index is 12.1. The molecule has 0 spiro atoms. The number of anilines is 1. The molecule has 4 rings (SSSR count). The minimum Gasteiger partial charge on any atom is -0.478 e. The maximum Gasteiger partial charge on any atom is 0.310 e. The number of hydrogen-bond donors (Lipinski definition) is 1. The number of amides is 1. The Morgan fingerprint density at radius 2 is 1.93 bits per heavy atom. The minimum atomic E-state index is -0.954. The topological polar surface area (TPSA) is 104 Å². The quantitative estimate of drug-likeness (QED) is 0.622. The Hall–Kier alpha value is -3.68. The van der Waals surface area contributed by atoms with E-state index in [1.807, 2.05) is 24.3 Å². The number of para-hydroxylation sites is 2. The second kappa shape index (κ2) is 8.36. The molecular formula is C22H21N3O5. The van der Waals surface area contributed by atoms with Gasteiger partial charge in [-0.05, 0) is 23.6 Å². The van der Waals surface area contributed by atoms with Crippen molar-refractivity contribution >= 4 is 17.6 Å². The van der Waals surface area contributed by atoms with Crippen molar-refractivity contribution in [1.82, 2.24) is 10.1 Å². The van der Waals surface area contributed by atoms with Crippen LogP contribution in [0.5, 0.6) is 5.75 Å². The van der Waals surface area contributed by atoms with E-state index in [0.717, 1.165) is 5.56 Å². The average Bonchev–Trinajstić information content (AvgIpc) is 3.22. The first-order valence-electron chi connectivity index (χ1n) is 9.64. The van der Waals surface area contributed by atoms with Gasteiger partial charge in [-0.15, -0.1) is 0 Å². The molecule has 1 amide bonds. The van der Waals surface area contributed by atoms with Crippen LogP contribution in [0.4, 0.5) is 5.69 Å². The molecule has 30 heavy (non-hydrogen) atoms. The number of hydrogen-bond acceptors (Lipinski definition) is 7. The van der Waals surface area contributed by atoms with Crippen molar-refractivity contribution in [3.63, 3.8) is 0 Å². The standard InChI is InChI=1S/C22H21N3O5/c1-13(2)14-7-9-15(10-8-14)21-24-19(30-25-21)12-28-20(26)11-18-22(27)23-16-5-3-4-6-17(16)29-18/h3-10,13,18H,11-12H2,1-2H3,(H,23,27)/t18-/m1/s1. The molecule has 1 aliphatic rings. The van der Waals surface area contributed by atoms with Gasteiger partial charge in [0.15, 0.2) is 12.7 Å². The van der Waals surface area contributed by atoms with Crippen LogP contribution in [0.2, 0.25) is 0 Å². The predicted molar refractivity (Wildman–Crippen MR) is 108 cm³/mol. The van der Waals surface area contributed by atoms with Gasteiger partial charge in [-0.2, -0.15) is 4.98 Å². The zero-order valence-electron chi connectivity index (χ0n) is 16.6. The van der Waals surface area contributed by atoms with Crippen molar-refractivity contribution in [3.8, 4) is 17.1 Å². The highest BCUT2D eigenvalue weighted by Gasteiger charge is 2.30. The lowest BCUT2D eigenvalue weighted by atomic mass is 10.0. The van der Waals surface area contributed by atoms with E-state index in [1.165, 1.54) is 5.56 Å². The third-order valence-corrected chi connectivity index (χ3v) is 4.72. The third kappa shape index (κ3) is 4.32. The lowest BCUT2D eigenvalue weighted by Gasteiger charge is -2.24. The Balaban J connectivity index is 1.32. The molecule has 1 N–H and O–H groups in total. The van der Waals surface area contributed by atoms with Gasteiger partial charge in [-0.1, -0.05) is 55.4 Å². The summed E-state index contributed by atoms with van der Waals surface area (Å²) in [7, 11) is 0. The molecule has 1 atom stereocenters. The van der Waals surface area contributed by atoms with Gasteiger partial charge in [0.05, 0.1) is 12.1 Å². The van der Waals surface area contributed by atoms with E-state index in [9.17, 15) is 9.59 Å². The van der Waals surface area contributed by atoms with Crippen LogP contribution < -0.4 is 10.1 Å². The van der Waals surface area contributed by atoms with Gasteiger partial charge >= 0.3 is 5.97 Å². The highest BCUT2D eigenvalue weighted by atomic mass is 16.6. The molecule has 2 heterocycles. The SMILES string of the molecule is CC(C)c1ccc(-c2noc(COC(=O)C[C@H]3Oc4ccccc4NC3=O)n2)cc1. The number of ether oxygens (including phenoxy) is 2. The first-order valence-corrected chi connectivity index (χ1v) is 9.64. The van der Waals surface area contributed by atoms with Crippen LogP contribution in [0.1, 0.15) is 37.6 Å². The van der Waals surface area contributed by atoms with E-state index < -0.39 is 18.0 Å². The lowest BCUT2D eigenvalue weighted by Crippen LogP contribution is -2.38. The summed E-state index contributed by atoms with van der Waals surface area (Å²) < 4.78 is 15.9. The smallest absolute Gasteiger partial charge is 0.310 e. The van der Waals surface area contributed by atoms with Crippen LogP contribution in [-0.2, 0) is 20.9 Å². The van der Waals surface area contributed by atoms with E-state index >= 15 is 0 Å². The number of nitrogens with zero attached hydrogens (tertiary/aromatic N) is 2. The summed E-state index contributed by atoms with van der Waals surface area (Å²) in [4.78, 5) is 28.5. The molecule has 1 aromatic heterocycles. The van der Waals surface area contributed by atoms with Crippen LogP contribution in [0, 0.1) is 0 Å². The van der Waals surface area contributed by atoms with E-state index in [0.29, 0.717) is 23.2 Å². The summed E-state index contributed by atoms with van der Waals surface area (Å²) in [5.41, 5.74) is 2.60. The van der Waals surface area contributed by atoms with Crippen molar-refractivity contribution in [2.75, 3.05) is 5.32 Å². The van der Waals surface area contributed by atoms with Crippen molar-refractivity contribution in [3.05, 3.63) is 60.0 Å². The van der Waals surface area contributed by atoms with E-state index in [4.69, 9.17) is 14.0 Å². The van der Waals surface area contributed by atoms with E-state index in [-0.39, 0.29) is 18.9 Å². The van der Waals surface area contributed by atoms with Gasteiger partial charge in [0.2, 0.25) is 5.82 Å². The zero-order valence-corrected chi connectivity index (χ0v) is 16.6. The Bertz CT molecular complexity index is 1060. The normalized spacial score (nSPS) is 15.3. The van der Waals surface area contributed by atoms with Crippen LogP contribution in [0.25, 0.3) is 11.4 Å². The molecule has 3 aromatic rings. The molecule has 0 saturated heterocycles. The number of nitrogens with one attached hydrogen (secondary N) is 1. The van der Waals surface area contributed by atoms with Crippen molar-refractivity contribution in [1.29, 1.82) is 0 Å². The second-order valence-electron chi connectivity index (χ2n) is 7.25. The molecule has 0 fully saturated rings. The van der Waals surface area contributed by atoms with Gasteiger partial charge in [-0.25, -0.2) is 0 Å². The lowest BCUT2D eigenvalue weighted by molar-refractivity contribution is -0.149. The van der Waals surface area contributed by atoms with E-state index in [2.05, 4.69) is 29.3 Å². The molecule has 0 aliphatic carbocycles. The number of esters is 1. The Morgan fingerprint density at radius 1 is 1.17 bits per heavy atom. The van der Waals surface area contributed by atoms with Gasteiger partial charge in [0.1, 0.15) is 5.75 Å². The predicted octanol–water partition coefficient (Wildman–Crippen LogP) is 3.69. The summed E-state index contributed by atoms with van der Waals surface area (Å²) >= 11 is 0. The number of benzene rings is 2. The molecule has 0 bridgehead atoms. The van der Waals surface area contributed by atoms with Gasteiger partial charge < -0.3 is 19.3 Å². The highest BCUT2D eigenvalue weighted by Crippen LogP contribution is 2.29. The van der Waals surface area contributed by atoms with Crippen LogP contribution in [0.15, 0.2) is 53.1 Å². The minimum absolute atomic E-state index is 0.172. The summed E-state index contributed by atoms with van der Waals surface area (Å²) in [6.07, 6.45) is -1.18. The maximum absolute atomic E-state index is 12.1. The average molecular weight is 407 g/mol. The fourth-order valence-electron chi connectivity index (χ4n) is 3.03. The molecule has 0 unspecified atom stereocenters. The van der Waals surface area contributed by atoms with Crippen molar-refractivity contribution < 1.29 is 23.6 Å². The number of aromatic nitrogens is 2. The summed E-state index contributed by atoms with van der Waals surface area (Å²) in [6.45, 7) is 4.06. The molecule has 0 radical (unpaired) electrons. The highest BCUT2D eigenvalue weighted by molar-refractivity contribution is 5.99. The van der Waals surface area contributed by atoms with E-state index in [1.54, 1.807) is 24.3 Å². The number of fused-ring (bicyclic) bond motifs is 1. The summed E-state index contributed by atoms with van der Waals surface area (Å²) in [6, 6.07) is 14.9. The summed E-state index contributed by atoms with van der Waals surface area (Å²) in [5.74, 6) is 0.544.